The number of benzene rings is 1. The average molecular weight is 326 g/mol. The van der Waals surface area contributed by atoms with Gasteiger partial charge in [0.1, 0.15) is 5.52 Å². The molecule has 116 valence electrons. The molecule has 3 heterocycles. The third-order valence-corrected chi connectivity index (χ3v) is 4.41. The minimum Gasteiger partial charge on any atom is -0.441 e. The van der Waals surface area contributed by atoms with Crippen molar-refractivity contribution in [3.8, 4) is 0 Å². The molecule has 0 bridgehead atoms. The van der Waals surface area contributed by atoms with Crippen LogP contribution in [0.3, 0.4) is 0 Å². The second-order valence-corrected chi connectivity index (χ2v) is 6.24. The molecule has 0 saturated carbocycles. The fourth-order valence-electron chi connectivity index (χ4n) is 2.56. The molecule has 0 aliphatic heterocycles. The van der Waals surface area contributed by atoms with Gasteiger partial charge in [-0.25, -0.2) is 9.97 Å². The van der Waals surface area contributed by atoms with Crippen molar-refractivity contribution < 1.29 is 9.21 Å². The van der Waals surface area contributed by atoms with Gasteiger partial charge in [0.05, 0.1) is 12.1 Å². The van der Waals surface area contributed by atoms with Crippen molar-refractivity contribution in [1.82, 2.24) is 14.4 Å². The highest BCUT2D eigenvalue weighted by Gasteiger charge is 2.11. The molecule has 0 saturated heterocycles. The van der Waals surface area contributed by atoms with Crippen molar-refractivity contribution in [3.63, 3.8) is 0 Å². The SMILES string of the molecule is Cc1cn2c(CC(=O)Nc3ccc4oc(C)nc4c3)csc2n1. The first kappa shape index (κ1) is 14.0. The second-order valence-electron chi connectivity index (χ2n) is 5.40. The summed E-state index contributed by atoms with van der Waals surface area (Å²) in [6.07, 6.45) is 2.24. The maximum atomic E-state index is 12.3. The number of anilines is 1. The maximum Gasteiger partial charge on any atom is 0.230 e. The van der Waals surface area contributed by atoms with Crippen molar-refractivity contribution in [3.05, 3.63) is 47.1 Å². The number of carbonyl (C=O) groups is 1. The fourth-order valence-corrected chi connectivity index (χ4v) is 3.48. The highest BCUT2D eigenvalue weighted by atomic mass is 32.1. The van der Waals surface area contributed by atoms with E-state index in [-0.39, 0.29) is 5.91 Å². The normalized spacial score (nSPS) is 11.4. The lowest BCUT2D eigenvalue weighted by Crippen LogP contribution is -2.15. The second kappa shape index (κ2) is 5.20. The Morgan fingerprint density at radius 3 is 3.09 bits per heavy atom. The monoisotopic (exact) mass is 326 g/mol. The molecule has 1 amide bonds. The van der Waals surface area contributed by atoms with E-state index < -0.39 is 0 Å². The van der Waals surface area contributed by atoms with Crippen molar-refractivity contribution >= 4 is 39.0 Å². The number of fused-ring (bicyclic) bond motifs is 2. The lowest BCUT2D eigenvalue weighted by atomic mass is 10.2. The Hall–Kier alpha value is -2.67. The number of thiazole rings is 1. The zero-order valence-corrected chi connectivity index (χ0v) is 13.5. The molecular formula is C16H14N4O2S. The van der Waals surface area contributed by atoms with Crippen LogP contribution in [0.5, 0.6) is 0 Å². The number of hydrogen-bond acceptors (Lipinski definition) is 5. The van der Waals surface area contributed by atoms with Crippen LogP contribution in [-0.4, -0.2) is 20.3 Å². The van der Waals surface area contributed by atoms with Gasteiger partial charge in [-0.3, -0.25) is 9.20 Å². The number of nitrogens with zero attached hydrogens (tertiary/aromatic N) is 3. The molecule has 0 spiro atoms. The van der Waals surface area contributed by atoms with Gasteiger partial charge < -0.3 is 9.73 Å². The summed E-state index contributed by atoms with van der Waals surface area (Å²) in [5, 5.41) is 4.87. The van der Waals surface area contributed by atoms with Gasteiger partial charge in [0.25, 0.3) is 0 Å². The maximum absolute atomic E-state index is 12.3. The van der Waals surface area contributed by atoms with Crippen LogP contribution < -0.4 is 5.32 Å². The van der Waals surface area contributed by atoms with E-state index in [2.05, 4.69) is 15.3 Å². The summed E-state index contributed by atoms with van der Waals surface area (Å²) in [4.78, 5) is 21.9. The van der Waals surface area contributed by atoms with E-state index in [4.69, 9.17) is 4.42 Å². The summed E-state index contributed by atoms with van der Waals surface area (Å²) >= 11 is 1.54. The van der Waals surface area contributed by atoms with E-state index in [1.165, 1.54) is 11.3 Å². The Kier molecular flexibility index (Phi) is 3.16. The van der Waals surface area contributed by atoms with Crippen LogP contribution in [0.4, 0.5) is 5.69 Å². The van der Waals surface area contributed by atoms with E-state index in [1.807, 2.05) is 41.1 Å². The Balaban J connectivity index is 1.54. The molecule has 7 heteroatoms. The standard InChI is InChI=1S/C16H14N4O2S/c1-9-7-20-12(8-23-16(20)17-9)6-15(21)19-11-3-4-14-13(5-11)18-10(2)22-14/h3-5,7-8H,6H2,1-2H3,(H,19,21). The van der Waals surface area contributed by atoms with Crippen molar-refractivity contribution in [2.75, 3.05) is 5.32 Å². The molecule has 0 unspecified atom stereocenters. The van der Waals surface area contributed by atoms with E-state index in [9.17, 15) is 4.79 Å². The summed E-state index contributed by atoms with van der Waals surface area (Å²) in [5.74, 6) is 0.537. The van der Waals surface area contributed by atoms with Crippen molar-refractivity contribution in [2.24, 2.45) is 0 Å². The summed E-state index contributed by atoms with van der Waals surface area (Å²) in [6.45, 7) is 3.74. The molecule has 23 heavy (non-hydrogen) atoms. The van der Waals surface area contributed by atoms with Crippen LogP contribution in [0.1, 0.15) is 17.3 Å². The summed E-state index contributed by atoms with van der Waals surface area (Å²) in [5.41, 5.74) is 4.05. The molecule has 1 N–H and O–H groups in total. The van der Waals surface area contributed by atoms with E-state index in [1.54, 1.807) is 6.92 Å². The van der Waals surface area contributed by atoms with Crippen molar-refractivity contribution in [1.29, 1.82) is 0 Å². The van der Waals surface area contributed by atoms with Crippen LogP contribution >= 0.6 is 11.3 Å². The highest BCUT2D eigenvalue weighted by Crippen LogP contribution is 2.21. The number of imidazole rings is 1. The average Bonchev–Trinajstić information content (AvgIpc) is 3.13. The molecule has 6 nitrogen and oxygen atoms in total. The summed E-state index contributed by atoms with van der Waals surface area (Å²) in [7, 11) is 0. The van der Waals surface area contributed by atoms with Gasteiger partial charge in [0, 0.05) is 29.9 Å². The van der Waals surface area contributed by atoms with Crippen LogP contribution in [0, 0.1) is 13.8 Å². The number of hydrogen-bond donors (Lipinski definition) is 1. The first-order valence-corrected chi connectivity index (χ1v) is 8.05. The van der Waals surface area contributed by atoms with Crippen LogP contribution in [0.15, 0.2) is 34.2 Å². The number of aryl methyl sites for hydroxylation is 2. The molecule has 0 aliphatic rings. The van der Waals surface area contributed by atoms with E-state index in [0.717, 1.165) is 21.9 Å². The third-order valence-electron chi connectivity index (χ3n) is 3.52. The van der Waals surface area contributed by atoms with Crippen LogP contribution in [0.2, 0.25) is 0 Å². The number of rotatable bonds is 3. The van der Waals surface area contributed by atoms with Gasteiger partial charge >= 0.3 is 0 Å². The zero-order chi connectivity index (χ0) is 16.0. The first-order valence-electron chi connectivity index (χ1n) is 7.17. The summed E-state index contributed by atoms with van der Waals surface area (Å²) < 4.78 is 7.39. The van der Waals surface area contributed by atoms with E-state index >= 15 is 0 Å². The molecule has 0 fully saturated rings. The molecule has 4 aromatic rings. The van der Waals surface area contributed by atoms with Gasteiger partial charge in [0.2, 0.25) is 5.91 Å². The largest absolute Gasteiger partial charge is 0.441 e. The third kappa shape index (κ3) is 2.59. The van der Waals surface area contributed by atoms with Gasteiger partial charge in [-0.2, -0.15) is 0 Å². The van der Waals surface area contributed by atoms with E-state index in [0.29, 0.717) is 23.6 Å². The Morgan fingerprint density at radius 1 is 1.35 bits per heavy atom. The zero-order valence-electron chi connectivity index (χ0n) is 12.7. The number of nitrogens with one attached hydrogen (secondary N) is 1. The first-order chi connectivity index (χ1) is 11.1. The Morgan fingerprint density at radius 2 is 2.22 bits per heavy atom. The van der Waals surface area contributed by atoms with Gasteiger partial charge in [-0.15, -0.1) is 11.3 Å². The lowest BCUT2D eigenvalue weighted by molar-refractivity contribution is -0.115. The predicted molar refractivity (Wildman–Crippen MR) is 88.9 cm³/mol. The smallest absolute Gasteiger partial charge is 0.230 e. The van der Waals surface area contributed by atoms with Crippen LogP contribution in [-0.2, 0) is 11.2 Å². The van der Waals surface area contributed by atoms with Gasteiger partial charge in [0.15, 0.2) is 16.4 Å². The number of oxazole rings is 1. The minimum absolute atomic E-state index is 0.0735. The van der Waals surface area contributed by atoms with Gasteiger partial charge in [-0.1, -0.05) is 0 Å². The lowest BCUT2D eigenvalue weighted by Gasteiger charge is -2.04. The fraction of sp³-hybridized carbons (Fsp3) is 0.188. The summed E-state index contributed by atoms with van der Waals surface area (Å²) in [6, 6.07) is 5.44. The topological polar surface area (TPSA) is 72.4 Å². The molecule has 1 aromatic carbocycles. The molecule has 4 rings (SSSR count). The molecular weight excluding hydrogens is 312 g/mol. The predicted octanol–water partition coefficient (Wildman–Crippen LogP) is 3.34. The Bertz CT molecular complexity index is 1030. The molecule has 0 atom stereocenters. The van der Waals surface area contributed by atoms with Gasteiger partial charge in [-0.05, 0) is 25.1 Å². The van der Waals surface area contributed by atoms with Crippen LogP contribution in [0.25, 0.3) is 16.1 Å². The molecule has 3 aromatic heterocycles. The minimum atomic E-state index is -0.0735. The highest BCUT2D eigenvalue weighted by molar-refractivity contribution is 7.15. The van der Waals surface area contributed by atoms with Crippen molar-refractivity contribution in [2.45, 2.75) is 20.3 Å². The Labute approximate surface area is 135 Å². The molecule has 0 aliphatic carbocycles. The number of aromatic nitrogens is 3. The number of carbonyl (C=O) groups excluding carboxylic acids is 1. The molecule has 0 radical (unpaired) electrons. The number of amides is 1. The quantitative estimate of drug-likeness (QED) is 0.627.